The van der Waals surface area contributed by atoms with Gasteiger partial charge in [-0.2, -0.15) is 0 Å². The van der Waals surface area contributed by atoms with Crippen LogP contribution in [0.5, 0.6) is 0 Å². The van der Waals surface area contributed by atoms with Crippen LogP contribution in [0.2, 0.25) is 10.0 Å². The molecular formula is C21H16Cl2N4O2. The van der Waals surface area contributed by atoms with E-state index in [0.717, 1.165) is 22.2 Å². The van der Waals surface area contributed by atoms with Gasteiger partial charge in [-0.15, -0.1) is 0 Å². The van der Waals surface area contributed by atoms with E-state index in [1.54, 1.807) is 36.5 Å². The number of nitrogens with zero attached hydrogens (tertiary/aromatic N) is 2. The summed E-state index contributed by atoms with van der Waals surface area (Å²) in [7, 11) is 0. The van der Waals surface area contributed by atoms with Gasteiger partial charge in [0.25, 0.3) is 5.91 Å². The molecule has 29 heavy (non-hydrogen) atoms. The molecule has 0 spiro atoms. The van der Waals surface area contributed by atoms with Crippen molar-refractivity contribution in [3.63, 3.8) is 0 Å². The highest BCUT2D eigenvalue weighted by molar-refractivity contribution is 6.31. The Morgan fingerprint density at radius 2 is 1.76 bits per heavy atom. The average molecular weight is 427 g/mol. The third-order valence-corrected chi connectivity index (χ3v) is 4.79. The van der Waals surface area contributed by atoms with Crippen molar-refractivity contribution < 1.29 is 9.32 Å². The van der Waals surface area contributed by atoms with E-state index in [2.05, 4.69) is 20.8 Å². The minimum Gasteiger partial charge on any atom is -0.383 e. The van der Waals surface area contributed by atoms with Crippen LogP contribution < -0.4 is 10.6 Å². The van der Waals surface area contributed by atoms with Crippen molar-refractivity contribution in [1.82, 2.24) is 15.5 Å². The molecule has 0 aliphatic heterocycles. The summed E-state index contributed by atoms with van der Waals surface area (Å²) in [6.07, 6.45) is 1.72. The fraction of sp³-hybridized carbons (Fsp3) is 0.0952. The molecular weight excluding hydrogens is 411 g/mol. The molecule has 146 valence electrons. The summed E-state index contributed by atoms with van der Waals surface area (Å²) in [6.45, 7) is 0.953. The van der Waals surface area contributed by atoms with Gasteiger partial charge in [0.1, 0.15) is 0 Å². The average Bonchev–Trinajstić information content (AvgIpc) is 3.21. The van der Waals surface area contributed by atoms with Gasteiger partial charge in [0.15, 0.2) is 11.5 Å². The second-order valence-electron chi connectivity index (χ2n) is 6.29. The van der Waals surface area contributed by atoms with Gasteiger partial charge in [-0.25, -0.2) is 0 Å². The number of benzene rings is 2. The maximum Gasteiger partial charge on any atom is 0.273 e. The number of aromatic nitrogens is 2. The zero-order valence-electron chi connectivity index (χ0n) is 15.2. The predicted octanol–water partition coefficient (Wildman–Crippen LogP) is 5.04. The molecule has 2 heterocycles. The van der Waals surface area contributed by atoms with E-state index in [1.807, 2.05) is 24.3 Å². The molecule has 1 amide bonds. The van der Waals surface area contributed by atoms with Gasteiger partial charge in [0.05, 0.1) is 5.52 Å². The van der Waals surface area contributed by atoms with Crippen molar-refractivity contribution in [2.45, 2.75) is 0 Å². The summed E-state index contributed by atoms with van der Waals surface area (Å²) in [5, 5.41) is 12.2. The van der Waals surface area contributed by atoms with E-state index in [-0.39, 0.29) is 11.6 Å². The largest absolute Gasteiger partial charge is 0.383 e. The normalized spacial score (nSPS) is 10.8. The Labute approximate surface area is 176 Å². The number of halogens is 2. The Balaban J connectivity index is 1.33. The van der Waals surface area contributed by atoms with Crippen LogP contribution in [0.1, 0.15) is 10.5 Å². The number of fused-ring (bicyclic) bond motifs is 1. The number of pyridine rings is 1. The van der Waals surface area contributed by atoms with Gasteiger partial charge < -0.3 is 15.2 Å². The molecule has 4 aromatic rings. The lowest BCUT2D eigenvalue weighted by Gasteiger charge is -2.10. The Kier molecular flexibility index (Phi) is 5.64. The van der Waals surface area contributed by atoms with Crippen LogP contribution in [0.15, 0.2) is 65.3 Å². The molecule has 6 nitrogen and oxygen atoms in total. The summed E-state index contributed by atoms with van der Waals surface area (Å²) in [5.41, 5.74) is 2.75. The maximum atomic E-state index is 12.3. The molecule has 0 aliphatic rings. The van der Waals surface area contributed by atoms with Gasteiger partial charge in [-0.05, 0) is 48.5 Å². The maximum absolute atomic E-state index is 12.3. The Hall–Kier alpha value is -3.09. The van der Waals surface area contributed by atoms with E-state index in [4.69, 9.17) is 27.7 Å². The van der Waals surface area contributed by atoms with E-state index in [9.17, 15) is 4.79 Å². The van der Waals surface area contributed by atoms with E-state index in [1.165, 1.54) is 0 Å². The zero-order chi connectivity index (χ0) is 20.2. The molecule has 0 atom stereocenters. The Bertz CT molecular complexity index is 1160. The van der Waals surface area contributed by atoms with E-state index < -0.39 is 0 Å². The molecule has 0 radical (unpaired) electrons. The van der Waals surface area contributed by atoms with Crippen molar-refractivity contribution in [3.05, 3.63) is 76.5 Å². The number of hydrogen-bond acceptors (Lipinski definition) is 5. The first-order valence-electron chi connectivity index (χ1n) is 8.89. The SMILES string of the molecule is O=C(NCCNc1ccnc2cc(Cl)ccc12)c1cc(-c2ccc(Cl)cc2)on1. The van der Waals surface area contributed by atoms with Crippen molar-refractivity contribution in [2.75, 3.05) is 18.4 Å². The number of amides is 1. The summed E-state index contributed by atoms with van der Waals surface area (Å²) in [5.74, 6) is 0.203. The highest BCUT2D eigenvalue weighted by Gasteiger charge is 2.13. The van der Waals surface area contributed by atoms with Gasteiger partial charge >= 0.3 is 0 Å². The topological polar surface area (TPSA) is 80.0 Å². The predicted molar refractivity (Wildman–Crippen MR) is 115 cm³/mol. The first-order chi connectivity index (χ1) is 14.1. The lowest BCUT2D eigenvalue weighted by molar-refractivity contribution is 0.0946. The molecule has 2 aromatic heterocycles. The van der Waals surface area contributed by atoms with Crippen molar-refractivity contribution in [2.24, 2.45) is 0 Å². The fourth-order valence-electron chi connectivity index (χ4n) is 2.87. The first-order valence-corrected chi connectivity index (χ1v) is 9.65. The highest BCUT2D eigenvalue weighted by Crippen LogP contribution is 2.24. The molecule has 0 saturated heterocycles. The van der Waals surface area contributed by atoms with Gasteiger partial charge in [-0.3, -0.25) is 9.78 Å². The van der Waals surface area contributed by atoms with Crippen molar-refractivity contribution in [1.29, 1.82) is 0 Å². The third kappa shape index (κ3) is 4.50. The van der Waals surface area contributed by atoms with Crippen molar-refractivity contribution >= 4 is 45.7 Å². The molecule has 4 rings (SSSR count). The first kappa shape index (κ1) is 19.2. The second-order valence-corrected chi connectivity index (χ2v) is 7.16. The van der Waals surface area contributed by atoms with Crippen LogP contribution in [-0.4, -0.2) is 29.1 Å². The molecule has 0 saturated carbocycles. The molecule has 0 aliphatic carbocycles. The van der Waals surface area contributed by atoms with Gasteiger partial charge in [0, 0.05) is 52.0 Å². The molecule has 2 aromatic carbocycles. The van der Waals surface area contributed by atoms with E-state index in [0.29, 0.717) is 28.9 Å². The Morgan fingerprint density at radius 1 is 0.966 bits per heavy atom. The zero-order valence-corrected chi connectivity index (χ0v) is 16.7. The molecule has 0 fully saturated rings. The smallest absolute Gasteiger partial charge is 0.273 e. The summed E-state index contributed by atoms with van der Waals surface area (Å²) >= 11 is 11.9. The molecule has 0 unspecified atom stereocenters. The summed E-state index contributed by atoms with van der Waals surface area (Å²) < 4.78 is 5.26. The van der Waals surface area contributed by atoms with Gasteiger partial charge in [-0.1, -0.05) is 28.4 Å². The Morgan fingerprint density at radius 3 is 2.59 bits per heavy atom. The molecule has 8 heteroatoms. The fourth-order valence-corrected chi connectivity index (χ4v) is 3.16. The second kappa shape index (κ2) is 8.51. The highest BCUT2D eigenvalue weighted by atomic mass is 35.5. The van der Waals surface area contributed by atoms with Crippen LogP contribution in [0.25, 0.3) is 22.2 Å². The van der Waals surface area contributed by atoms with Crippen molar-refractivity contribution in [3.8, 4) is 11.3 Å². The minimum atomic E-state index is -0.304. The van der Waals surface area contributed by atoms with Crippen LogP contribution in [0, 0.1) is 0 Å². The monoisotopic (exact) mass is 426 g/mol. The van der Waals surface area contributed by atoms with Crippen LogP contribution in [-0.2, 0) is 0 Å². The van der Waals surface area contributed by atoms with Gasteiger partial charge in [0.2, 0.25) is 0 Å². The molecule has 2 N–H and O–H groups in total. The lowest BCUT2D eigenvalue weighted by Crippen LogP contribution is -2.29. The third-order valence-electron chi connectivity index (χ3n) is 4.30. The summed E-state index contributed by atoms with van der Waals surface area (Å²) in [4.78, 5) is 16.6. The number of carbonyl (C=O) groups excluding carboxylic acids is 1. The molecule has 0 bridgehead atoms. The quantitative estimate of drug-likeness (QED) is 0.422. The number of hydrogen-bond donors (Lipinski definition) is 2. The number of nitrogens with one attached hydrogen (secondary N) is 2. The van der Waals surface area contributed by atoms with Crippen LogP contribution in [0.4, 0.5) is 5.69 Å². The number of rotatable bonds is 6. The van der Waals surface area contributed by atoms with Crippen LogP contribution in [0.3, 0.4) is 0 Å². The minimum absolute atomic E-state index is 0.221. The summed E-state index contributed by atoms with van der Waals surface area (Å²) in [6, 6.07) is 16.2. The lowest BCUT2D eigenvalue weighted by atomic mass is 10.1. The number of anilines is 1. The standard InChI is InChI=1S/C21H16Cl2N4O2/c22-14-3-1-13(2-4-14)20-12-19(27-29-20)21(28)26-10-9-25-17-7-8-24-18-11-15(23)5-6-16(17)18/h1-8,11-12H,9-10H2,(H,24,25)(H,26,28). The van der Waals surface area contributed by atoms with Crippen LogP contribution >= 0.6 is 23.2 Å². The van der Waals surface area contributed by atoms with E-state index >= 15 is 0 Å². The number of carbonyl (C=O) groups is 1.